The van der Waals surface area contributed by atoms with Gasteiger partial charge in [-0.15, -0.1) is 5.48 Å². The first kappa shape index (κ1) is 16.0. The Morgan fingerprint density at radius 2 is 1.64 bits per heavy atom. The van der Waals surface area contributed by atoms with Gasteiger partial charge in [-0.3, -0.25) is 0 Å². The number of carbonyl (C=O) groups excluding carboxylic acids is 1. The van der Waals surface area contributed by atoms with Crippen molar-refractivity contribution in [1.29, 1.82) is 0 Å². The molecule has 6 heteroatoms. The van der Waals surface area contributed by atoms with E-state index in [1.165, 1.54) is 0 Å². The fraction of sp³-hybridized carbons (Fsp3) is 0.188. The molecule has 0 unspecified atom stereocenters. The van der Waals surface area contributed by atoms with Crippen LogP contribution in [0.4, 0.5) is 13.2 Å². The monoisotopic (exact) mass is 309 g/mol. The number of nitrogens with one attached hydrogen (secondary N) is 1. The molecular weight excluding hydrogens is 295 g/mol. The highest BCUT2D eigenvalue weighted by molar-refractivity contribution is 5.75. The molecule has 3 nitrogen and oxygen atoms in total. The van der Waals surface area contributed by atoms with Gasteiger partial charge in [0.05, 0.1) is 6.54 Å². The van der Waals surface area contributed by atoms with Crippen LogP contribution < -0.4 is 5.48 Å². The molecule has 22 heavy (non-hydrogen) atoms. The van der Waals surface area contributed by atoms with E-state index < -0.39 is 12.1 Å². The maximum Gasteiger partial charge on any atom is 0.492 e. The molecule has 2 aromatic rings. The Hall–Kier alpha value is -2.34. The van der Waals surface area contributed by atoms with Crippen LogP contribution in [-0.2, 0) is 16.2 Å². The van der Waals surface area contributed by atoms with E-state index in [-0.39, 0.29) is 6.54 Å². The van der Waals surface area contributed by atoms with Crippen LogP contribution in [0.25, 0.3) is 11.1 Å². The molecule has 0 bridgehead atoms. The molecule has 0 fully saturated rings. The van der Waals surface area contributed by atoms with Crippen molar-refractivity contribution in [3.05, 3.63) is 59.7 Å². The summed E-state index contributed by atoms with van der Waals surface area (Å²) in [4.78, 5) is 14.7. The molecular formula is C16H14F3NO2. The molecule has 1 N–H and O–H groups in total. The third-order valence-corrected chi connectivity index (χ3v) is 3.11. The van der Waals surface area contributed by atoms with Crippen molar-refractivity contribution in [1.82, 2.24) is 5.48 Å². The minimum absolute atomic E-state index is 0.0215. The minimum atomic E-state index is -5.01. The van der Waals surface area contributed by atoms with Crippen LogP contribution in [0.3, 0.4) is 0 Å². The van der Waals surface area contributed by atoms with E-state index in [4.69, 9.17) is 0 Å². The lowest BCUT2D eigenvalue weighted by Gasteiger charge is -2.13. The molecule has 0 spiro atoms. The molecule has 0 saturated heterocycles. The number of carbonyl (C=O) groups is 1. The lowest BCUT2D eigenvalue weighted by Crippen LogP contribution is -2.31. The summed E-state index contributed by atoms with van der Waals surface area (Å²) in [5, 5.41) is 0. The first-order valence-electron chi connectivity index (χ1n) is 6.54. The maximum atomic E-state index is 12.1. The van der Waals surface area contributed by atoms with E-state index in [0.717, 1.165) is 22.3 Å². The lowest BCUT2D eigenvalue weighted by atomic mass is 9.96. The molecule has 0 aliphatic rings. The molecule has 2 aromatic carbocycles. The average Bonchev–Trinajstić information content (AvgIpc) is 2.47. The van der Waals surface area contributed by atoms with Crippen LogP contribution in [0.1, 0.15) is 11.1 Å². The van der Waals surface area contributed by atoms with E-state index in [0.29, 0.717) is 0 Å². The van der Waals surface area contributed by atoms with Crippen LogP contribution in [0.15, 0.2) is 48.5 Å². The Morgan fingerprint density at radius 3 is 2.27 bits per heavy atom. The van der Waals surface area contributed by atoms with Gasteiger partial charge in [-0.1, -0.05) is 48.5 Å². The standard InChI is InChI=1S/C16H14F3NO2/c1-11-6-2-4-8-13(11)14-9-5-3-7-12(14)10-20-22-15(21)16(17,18)19/h2-9,20H,10H2,1H3. The highest BCUT2D eigenvalue weighted by Gasteiger charge is 2.41. The summed E-state index contributed by atoms with van der Waals surface area (Å²) >= 11 is 0. The topological polar surface area (TPSA) is 38.3 Å². The zero-order valence-electron chi connectivity index (χ0n) is 11.8. The summed E-state index contributed by atoms with van der Waals surface area (Å²) in [7, 11) is 0. The van der Waals surface area contributed by atoms with Crippen LogP contribution in [0.5, 0.6) is 0 Å². The van der Waals surface area contributed by atoms with Gasteiger partial charge in [-0.2, -0.15) is 13.2 Å². The molecule has 0 saturated carbocycles. The number of alkyl halides is 3. The molecule has 0 heterocycles. The largest absolute Gasteiger partial charge is 0.492 e. The van der Waals surface area contributed by atoms with Gasteiger partial charge in [0, 0.05) is 0 Å². The second kappa shape index (κ2) is 6.62. The molecule has 0 aromatic heterocycles. The number of hydrogen-bond acceptors (Lipinski definition) is 3. The van der Waals surface area contributed by atoms with E-state index in [2.05, 4.69) is 10.3 Å². The number of rotatable bonds is 4. The number of aryl methyl sites for hydroxylation is 1. The van der Waals surface area contributed by atoms with Gasteiger partial charge in [-0.05, 0) is 29.2 Å². The van der Waals surface area contributed by atoms with Crippen LogP contribution >= 0.6 is 0 Å². The van der Waals surface area contributed by atoms with E-state index in [1.807, 2.05) is 43.3 Å². The smallest absolute Gasteiger partial charge is 0.363 e. The predicted octanol–water partition coefficient (Wildman–Crippen LogP) is 3.77. The van der Waals surface area contributed by atoms with E-state index in [1.54, 1.807) is 12.1 Å². The van der Waals surface area contributed by atoms with E-state index >= 15 is 0 Å². The Balaban J connectivity index is 2.13. The fourth-order valence-electron chi connectivity index (χ4n) is 2.05. The Kier molecular flexibility index (Phi) is 4.82. The Morgan fingerprint density at radius 1 is 1.05 bits per heavy atom. The van der Waals surface area contributed by atoms with Crippen molar-refractivity contribution < 1.29 is 22.8 Å². The quantitative estimate of drug-likeness (QED) is 0.874. The van der Waals surface area contributed by atoms with Gasteiger partial charge in [0.25, 0.3) is 0 Å². The number of hydroxylamine groups is 1. The van der Waals surface area contributed by atoms with Crippen molar-refractivity contribution in [2.24, 2.45) is 0 Å². The van der Waals surface area contributed by atoms with Crippen LogP contribution in [0, 0.1) is 6.92 Å². The molecule has 116 valence electrons. The lowest BCUT2D eigenvalue weighted by molar-refractivity contribution is -0.207. The molecule has 2 rings (SSSR count). The van der Waals surface area contributed by atoms with Gasteiger partial charge in [0.1, 0.15) is 0 Å². The number of benzene rings is 2. The highest BCUT2D eigenvalue weighted by atomic mass is 19.4. The van der Waals surface area contributed by atoms with Gasteiger partial charge in [0.2, 0.25) is 0 Å². The molecule has 0 aliphatic carbocycles. The van der Waals surface area contributed by atoms with Crippen LogP contribution in [0.2, 0.25) is 0 Å². The average molecular weight is 309 g/mol. The second-order valence-electron chi connectivity index (χ2n) is 4.68. The zero-order chi connectivity index (χ0) is 16.2. The van der Waals surface area contributed by atoms with Gasteiger partial charge >= 0.3 is 12.1 Å². The number of hydrogen-bond donors (Lipinski definition) is 1. The summed E-state index contributed by atoms with van der Waals surface area (Å²) in [5.74, 6) is -2.26. The second-order valence-corrected chi connectivity index (χ2v) is 4.68. The minimum Gasteiger partial charge on any atom is -0.363 e. The van der Waals surface area contributed by atoms with Crippen molar-refractivity contribution >= 4 is 5.97 Å². The first-order chi connectivity index (χ1) is 10.4. The molecule has 0 amide bonds. The van der Waals surface area contributed by atoms with Gasteiger partial charge < -0.3 is 4.84 Å². The molecule has 0 aliphatic heterocycles. The SMILES string of the molecule is Cc1ccccc1-c1ccccc1CNOC(=O)C(F)(F)F. The van der Waals surface area contributed by atoms with Crippen LogP contribution in [-0.4, -0.2) is 12.1 Å². The van der Waals surface area contributed by atoms with Crippen molar-refractivity contribution in [3.8, 4) is 11.1 Å². The molecule has 0 radical (unpaired) electrons. The summed E-state index contributed by atoms with van der Waals surface area (Å²) in [6.45, 7) is 1.93. The first-order valence-corrected chi connectivity index (χ1v) is 6.54. The van der Waals surface area contributed by atoms with E-state index in [9.17, 15) is 18.0 Å². The zero-order valence-corrected chi connectivity index (χ0v) is 11.8. The normalized spacial score (nSPS) is 11.3. The Labute approximate surface area is 125 Å². The third kappa shape index (κ3) is 3.85. The maximum absolute atomic E-state index is 12.1. The van der Waals surface area contributed by atoms with Gasteiger partial charge in [-0.25, -0.2) is 4.79 Å². The fourth-order valence-corrected chi connectivity index (χ4v) is 2.05. The third-order valence-electron chi connectivity index (χ3n) is 3.11. The highest BCUT2D eigenvalue weighted by Crippen LogP contribution is 2.26. The Bertz CT molecular complexity index is 668. The predicted molar refractivity (Wildman–Crippen MR) is 75.6 cm³/mol. The number of halogens is 3. The summed E-state index contributed by atoms with van der Waals surface area (Å²) in [5.41, 5.74) is 5.69. The van der Waals surface area contributed by atoms with Crippen molar-refractivity contribution in [2.45, 2.75) is 19.6 Å². The van der Waals surface area contributed by atoms with Crippen molar-refractivity contribution in [2.75, 3.05) is 0 Å². The summed E-state index contributed by atoms with van der Waals surface area (Å²) in [6, 6.07) is 14.9. The van der Waals surface area contributed by atoms with Gasteiger partial charge in [0.15, 0.2) is 0 Å². The summed E-state index contributed by atoms with van der Waals surface area (Å²) in [6.07, 6.45) is -5.01. The van der Waals surface area contributed by atoms with Crippen molar-refractivity contribution in [3.63, 3.8) is 0 Å². The molecule has 0 atom stereocenters. The summed E-state index contributed by atoms with van der Waals surface area (Å²) < 4.78 is 36.2.